The molecule has 2 rings (SSSR count). The molecule has 0 aromatic rings. The first-order valence-corrected chi connectivity index (χ1v) is 9.68. The Bertz CT molecular complexity index is 423. The molecule has 0 unspecified atom stereocenters. The van der Waals surface area contributed by atoms with Crippen molar-refractivity contribution in [3.05, 3.63) is 0 Å². The Hall–Kier alpha value is -1.10. The highest BCUT2D eigenvalue weighted by atomic mass is 16.6. The summed E-state index contributed by atoms with van der Waals surface area (Å²) in [5.41, 5.74) is 0. The number of amides is 2. The lowest BCUT2D eigenvalue weighted by atomic mass is 9.98. The number of ether oxygens (including phenoxy) is 1. The second-order valence-electron chi connectivity index (χ2n) is 7.55. The summed E-state index contributed by atoms with van der Waals surface area (Å²) in [6.45, 7) is 5.47. The lowest BCUT2D eigenvalue weighted by Gasteiger charge is -2.30. The van der Waals surface area contributed by atoms with Gasteiger partial charge in [-0.25, -0.2) is 0 Å². The Kier molecular flexibility index (Phi) is 7.53. The van der Waals surface area contributed by atoms with Crippen LogP contribution >= 0.6 is 0 Å². The molecular weight excluding hydrogens is 304 g/mol. The molecule has 0 aliphatic carbocycles. The van der Waals surface area contributed by atoms with E-state index in [1.54, 1.807) is 11.9 Å². The summed E-state index contributed by atoms with van der Waals surface area (Å²) >= 11 is 0. The smallest absolute Gasteiger partial charge is 0.247 e. The van der Waals surface area contributed by atoms with Gasteiger partial charge in [-0.3, -0.25) is 9.59 Å². The number of likely N-dealkylation sites (N-methyl/N-ethyl adjacent to an activating group) is 1. The number of rotatable bonds is 1. The zero-order valence-corrected chi connectivity index (χ0v) is 15.6. The first kappa shape index (κ1) is 19.2. The van der Waals surface area contributed by atoms with E-state index < -0.39 is 6.04 Å². The number of nitrogens with zero attached hydrogens (tertiary/aromatic N) is 2. The quantitative estimate of drug-likeness (QED) is 0.690. The molecule has 0 bridgehead atoms. The Morgan fingerprint density at radius 2 is 1.58 bits per heavy atom. The van der Waals surface area contributed by atoms with Gasteiger partial charge in [0.1, 0.15) is 6.04 Å². The summed E-state index contributed by atoms with van der Waals surface area (Å²) in [5.74, 6) is 0.724. The zero-order valence-electron chi connectivity index (χ0n) is 15.6. The first-order valence-electron chi connectivity index (χ1n) is 9.68. The maximum absolute atomic E-state index is 12.8. The van der Waals surface area contributed by atoms with E-state index in [9.17, 15) is 9.59 Å². The molecule has 5 heteroatoms. The summed E-state index contributed by atoms with van der Waals surface area (Å²) < 4.78 is 5.37. The van der Waals surface area contributed by atoms with Gasteiger partial charge in [0.2, 0.25) is 11.8 Å². The van der Waals surface area contributed by atoms with Crippen LogP contribution in [0.3, 0.4) is 0 Å². The number of carbonyl (C=O) groups is 2. The molecule has 0 aromatic heterocycles. The highest BCUT2D eigenvalue weighted by molar-refractivity contribution is 5.87. The summed E-state index contributed by atoms with van der Waals surface area (Å²) in [6.07, 6.45) is 9.80. The third-order valence-corrected chi connectivity index (χ3v) is 5.48. The van der Waals surface area contributed by atoms with Crippen LogP contribution in [0.25, 0.3) is 0 Å². The van der Waals surface area contributed by atoms with Crippen molar-refractivity contribution in [2.45, 2.75) is 83.9 Å². The SMILES string of the molecule is C[C@@H]1CCCCCCCCC(=O)N(C)[C@@H](C)C(=O)N([C@@H]2CO2)CC1. The van der Waals surface area contributed by atoms with Crippen molar-refractivity contribution in [1.82, 2.24) is 9.80 Å². The topological polar surface area (TPSA) is 53.2 Å². The second kappa shape index (κ2) is 9.40. The van der Waals surface area contributed by atoms with E-state index >= 15 is 0 Å². The molecule has 0 aromatic carbocycles. The molecular formula is C19H34N2O3. The van der Waals surface area contributed by atoms with E-state index in [0.29, 0.717) is 18.9 Å². The molecule has 2 amide bonds. The van der Waals surface area contributed by atoms with Crippen LogP contribution in [0.15, 0.2) is 0 Å². The van der Waals surface area contributed by atoms with Gasteiger partial charge >= 0.3 is 0 Å². The third kappa shape index (κ3) is 5.76. The van der Waals surface area contributed by atoms with Gasteiger partial charge in [0, 0.05) is 20.0 Å². The average Bonchev–Trinajstić information content (AvgIpc) is 3.39. The summed E-state index contributed by atoms with van der Waals surface area (Å²) in [6, 6.07) is -0.412. The number of hydrogen-bond donors (Lipinski definition) is 0. The van der Waals surface area contributed by atoms with Crippen LogP contribution in [-0.2, 0) is 14.3 Å². The van der Waals surface area contributed by atoms with Gasteiger partial charge in [-0.05, 0) is 25.7 Å². The Morgan fingerprint density at radius 1 is 0.958 bits per heavy atom. The van der Waals surface area contributed by atoms with Crippen molar-refractivity contribution in [2.75, 3.05) is 20.2 Å². The molecule has 5 nitrogen and oxygen atoms in total. The maximum Gasteiger partial charge on any atom is 0.247 e. The predicted molar refractivity (Wildman–Crippen MR) is 94.4 cm³/mol. The van der Waals surface area contributed by atoms with Gasteiger partial charge in [0.25, 0.3) is 0 Å². The van der Waals surface area contributed by atoms with Gasteiger partial charge in [-0.15, -0.1) is 0 Å². The first-order chi connectivity index (χ1) is 11.5. The monoisotopic (exact) mass is 338 g/mol. The molecule has 0 N–H and O–H groups in total. The fraction of sp³-hybridized carbons (Fsp3) is 0.895. The molecule has 0 spiro atoms. The minimum absolute atomic E-state index is 0.0210. The minimum atomic E-state index is -0.412. The van der Waals surface area contributed by atoms with Crippen LogP contribution in [0, 0.1) is 5.92 Å². The molecule has 0 radical (unpaired) electrons. The minimum Gasteiger partial charge on any atom is -0.351 e. The Labute approximate surface area is 146 Å². The molecule has 2 fully saturated rings. The van der Waals surface area contributed by atoms with Gasteiger partial charge in [0.05, 0.1) is 6.61 Å². The summed E-state index contributed by atoms with van der Waals surface area (Å²) in [4.78, 5) is 28.6. The highest BCUT2D eigenvalue weighted by Gasteiger charge is 2.37. The lowest BCUT2D eigenvalue weighted by Crippen LogP contribution is -2.49. The van der Waals surface area contributed by atoms with Crippen molar-refractivity contribution in [2.24, 2.45) is 5.92 Å². The second-order valence-corrected chi connectivity index (χ2v) is 7.55. The number of epoxide rings is 1. The largest absolute Gasteiger partial charge is 0.351 e. The molecule has 2 aliphatic heterocycles. The highest BCUT2D eigenvalue weighted by Crippen LogP contribution is 2.22. The van der Waals surface area contributed by atoms with Gasteiger partial charge < -0.3 is 14.5 Å². The molecule has 0 saturated carbocycles. The van der Waals surface area contributed by atoms with E-state index in [2.05, 4.69) is 6.92 Å². The number of hydrogen-bond acceptors (Lipinski definition) is 3. The van der Waals surface area contributed by atoms with Crippen molar-refractivity contribution in [3.8, 4) is 0 Å². The molecule has 2 saturated heterocycles. The predicted octanol–water partition coefficient (Wildman–Crippen LogP) is 3.18. The Morgan fingerprint density at radius 3 is 2.25 bits per heavy atom. The molecule has 2 aliphatic rings. The van der Waals surface area contributed by atoms with Crippen LogP contribution in [0.1, 0.15) is 71.6 Å². The maximum atomic E-state index is 12.8. The van der Waals surface area contributed by atoms with Crippen molar-refractivity contribution in [3.63, 3.8) is 0 Å². The number of carbonyl (C=O) groups excluding carboxylic acids is 2. The average molecular weight is 338 g/mol. The van der Waals surface area contributed by atoms with E-state index in [1.807, 2.05) is 11.8 Å². The van der Waals surface area contributed by atoms with Crippen LogP contribution < -0.4 is 0 Å². The molecule has 3 atom stereocenters. The fourth-order valence-corrected chi connectivity index (χ4v) is 3.40. The fourth-order valence-electron chi connectivity index (χ4n) is 3.40. The summed E-state index contributed by atoms with van der Waals surface area (Å²) in [7, 11) is 1.75. The standard InChI is InChI=1S/C19H34N2O3/c1-15-10-8-6-4-5-7-9-11-17(22)20(3)16(2)19(23)21(13-12-15)18-14-24-18/h15-16,18H,4-14H2,1-3H3/t15-,16+,18+/m1/s1. The van der Waals surface area contributed by atoms with Crippen LogP contribution in [-0.4, -0.2) is 54.1 Å². The van der Waals surface area contributed by atoms with E-state index in [-0.39, 0.29) is 18.0 Å². The van der Waals surface area contributed by atoms with Gasteiger partial charge in [-0.1, -0.05) is 45.4 Å². The van der Waals surface area contributed by atoms with Crippen molar-refractivity contribution >= 4 is 11.8 Å². The van der Waals surface area contributed by atoms with E-state index in [0.717, 1.165) is 25.8 Å². The van der Waals surface area contributed by atoms with Crippen LogP contribution in [0.4, 0.5) is 0 Å². The van der Waals surface area contributed by atoms with Gasteiger partial charge in [-0.2, -0.15) is 0 Å². The lowest BCUT2D eigenvalue weighted by molar-refractivity contribution is -0.145. The normalized spacial score (nSPS) is 32.0. The molecule has 138 valence electrons. The Balaban J connectivity index is 2.00. The molecule has 2 heterocycles. The van der Waals surface area contributed by atoms with E-state index in [1.165, 1.54) is 32.1 Å². The van der Waals surface area contributed by atoms with Crippen molar-refractivity contribution in [1.29, 1.82) is 0 Å². The van der Waals surface area contributed by atoms with Crippen molar-refractivity contribution < 1.29 is 14.3 Å². The zero-order chi connectivity index (χ0) is 17.5. The van der Waals surface area contributed by atoms with Crippen LogP contribution in [0.2, 0.25) is 0 Å². The van der Waals surface area contributed by atoms with Crippen LogP contribution in [0.5, 0.6) is 0 Å². The third-order valence-electron chi connectivity index (χ3n) is 5.48. The van der Waals surface area contributed by atoms with E-state index in [4.69, 9.17) is 4.74 Å². The van der Waals surface area contributed by atoms with Gasteiger partial charge in [0.15, 0.2) is 6.23 Å². The summed E-state index contributed by atoms with van der Waals surface area (Å²) in [5, 5.41) is 0. The molecule has 24 heavy (non-hydrogen) atoms.